The summed E-state index contributed by atoms with van der Waals surface area (Å²) in [5.74, 6) is 0. The highest BCUT2D eigenvalue weighted by Crippen LogP contribution is 2.20. The predicted octanol–water partition coefficient (Wildman–Crippen LogP) is 3.10. The van der Waals surface area contributed by atoms with E-state index in [1.807, 2.05) is 0 Å². The molecule has 2 rings (SSSR count). The Bertz CT molecular complexity index is 611. The summed E-state index contributed by atoms with van der Waals surface area (Å²) in [5, 5.41) is 1.34. The van der Waals surface area contributed by atoms with Crippen LogP contribution in [0.1, 0.15) is 20.8 Å². The first-order chi connectivity index (χ1) is 7.87. The van der Waals surface area contributed by atoms with Crippen LogP contribution in [0.3, 0.4) is 0 Å². The van der Waals surface area contributed by atoms with Crippen molar-refractivity contribution in [3.63, 3.8) is 0 Å². The van der Waals surface area contributed by atoms with E-state index >= 15 is 0 Å². The zero-order valence-electron chi connectivity index (χ0n) is 10.2. The van der Waals surface area contributed by atoms with Crippen molar-refractivity contribution < 1.29 is 0 Å². The molecule has 2 heterocycles. The molecule has 0 fully saturated rings. The van der Waals surface area contributed by atoms with Crippen molar-refractivity contribution in [3.05, 3.63) is 39.9 Å². The predicted molar refractivity (Wildman–Crippen MR) is 70.5 cm³/mol. The maximum absolute atomic E-state index is 11.9. The van der Waals surface area contributed by atoms with E-state index in [2.05, 4.69) is 25.8 Å². The van der Waals surface area contributed by atoms with E-state index in [0.29, 0.717) is 11.7 Å². The molecule has 0 unspecified atom stereocenters. The second-order valence-electron chi connectivity index (χ2n) is 5.38. The number of fused-ring (bicyclic) bond motifs is 1. The molecule has 0 radical (unpaired) electrons. The lowest BCUT2D eigenvalue weighted by Gasteiger charge is -2.21. The molecule has 0 aromatic carbocycles. The number of nitrogens with zero attached hydrogens (tertiary/aromatic N) is 2. The molecule has 0 saturated carbocycles. The van der Waals surface area contributed by atoms with Gasteiger partial charge >= 0.3 is 0 Å². The first-order valence-corrected chi connectivity index (χ1v) is 5.90. The largest absolute Gasteiger partial charge is 0.308 e. The summed E-state index contributed by atoms with van der Waals surface area (Å²) < 4.78 is 1.75. The van der Waals surface area contributed by atoms with Crippen molar-refractivity contribution in [3.8, 4) is 0 Å². The zero-order chi connectivity index (χ0) is 12.6. The van der Waals surface area contributed by atoms with Gasteiger partial charge in [0, 0.05) is 24.2 Å². The maximum Gasteiger partial charge on any atom is 0.251 e. The lowest BCUT2D eigenvalue weighted by molar-refractivity contribution is 0.344. The molecule has 0 aliphatic rings. The van der Waals surface area contributed by atoms with E-state index < -0.39 is 0 Å². The van der Waals surface area contributed by atoms with Crippen molar-refractivity contribution >= 4 is 22.5 Å². The molecule has 90 valence electrons. The summed E-state index contributed by atoms with van der Waals surface area (Å²) in [5.41, 5.74) is 0.871. The van der Waals surface area contributed by atoms with Crippen LogP contribution >= 0.6 is 11.6 Å². The summed E-state index contributed by atoms with van der Waals surface area (Å²) in [4.78, 5) is 15.9. The van der Waals surface area contributed by atoms with Crippen molar-refractivity contribution in [1.29, 1.82) is 0 Å². The van der Waals surface area contributed by atoms with E-state index in [0.717, 1.165) is 10.9 Å². The fourth-order valence-electron chi connectivity index (χ4n) is 1.80. The van der Waals surface area contributed by atoms with Gasteiger partial charge in [0.15, 0.2) is 0 Å². The van der Waals surface area contributed by atoms with Gasteiger partial charge in [-0.15, -0.1) is 0 Å². The third-order valence-electron chi connectivity index (χ3n) is 2.47. The van der Waals surface area contributed by atoms with Gasteiger partial charge in [-0.25, -0.2) is 4.98 Å². The Morgan fingerprint density at radius 1 is 1.35 bits per heavy atom. The number of rotatable bonds is 1. The molecule has 0 saturated heterocycles. The molecule has 2 aromatic rings. The molecule has 2 aromatic heterocycles. The lowest BCUT2D eigenvalue weighted by Crippen LogP contribution is -2.26. The van der Waals surface area contributed by atoms with Gasteiger partial charge in [-0.3, -0.25) is 4.79 Å². The number of aromatic nitrogens is 2. The first-order valence-electron chi connectivity index (χ1n) is 5.52. The Hall–Kier alpha value is -1.35. The highest BCUT2D eigenvalue weighted by atomic mass is 35.5. The van der Waals surface area contributed by atoms with Crippen molar-refractivity contribution in [2.75, 3.05) is 0 Å². The average molecular weight is 251 g/mol. The highest BCUT2D eigenvalue weighted by molar-refractivity contribution is 6.29. The van der Waals surface area contributed by atoms with Crippen LogP contribution in [0.2, 0.25) is 5.15 Å². The van der Waals surface area contributed by atoms with Gasteiger partial charge in [0.1, 0.15) is 5.15 Å². The third-order valence-corrected chi connectivity index (χ3v) is 2.68. The van der Waals surface area contributed by atoms with Crippen molar-refractivity contribution in [1.82, 2.24) is 9.55 Å². The number of pyridine rings is 2. The van der Waals surface area contributed by atoms with Gasteiger partial charge in [-0.2, -0.15) is 0 Å². The van der Waals surface area contributed by atoms with Crippen LogP contribution in [-0.4, -0.2) is 9.55 Å². The smallest absolute Gasteiger partial charge is 0.251 e. The van der Waals surface area contributed by atoms with Crippen LogP contribution in [-0.2, 0) is 6.54 Å². The van der Waals surface area contributed by atoms with Gasteiger partial charge in [0.25, 0.3) is 5.56 Å². The minimum atomic E-state index is -0.00492. The Kier molecular flexibility index (Phi) is 2.96. The third kappa shape index (κ3) is 2.67. The molecule has 4 heteroatoms. The molecule has 0 amide bonds. The van der Waals surface area contributed by atoms with Crippen LogP contribution < -0.4 is 5.56 Å². The first kappa shape index (κ1) is 12.1. The summed E-state index contributed by atoms with van der Waals surface area (Å²) in [6.45, 7) is 6.95. The number of halogens is 1. The molecular weight excluding hydrogens is 236 g/mol. The molecule has 17 heavy (non-hydrogen) atoms. The van der Waals surface area contributed by atoms with Crippen LogP contribution in [0.4, 0.5) is 0 Å². The van der Waals surface area contributed by atoms with E-state index in [1.165, 1.54) is 0 Å². The van der Waals surface area contributed by atoms with E-state index in [1.54, 1.807) is 29.0 Å². The Labute approximate surface area is 105 Å². The Morgan fingerprint density at radius 2 is 2.06 bits per heavy atom. The summed E-state index contributed by atoms with van der Waals surface area (Å²) in [7, 11) is 0. The molecule has 0 aliphatic carbocycles. The van der Waals surface area contributed by atoms with E-state index in [-0.39, 0.29) is 11.0 Å². The Balaban J connectivity index is 2.71. The van der Waals surface area contributed by atoms with Gasteiger partial charge in [0.2, 0.25) is 0 Å². The van der Waals surface area contributed by atoms with Gasteiger partial charge < -0.3 is 4.57 Å². The fourth-order valence-corrected chi connectivity index (χ4v) is 1.95. The summed E-state index contributed by atoms with van der Waals surface area (Å²) >= 11 is 5.89. The standard InChI is InChI=1S/C13H15ClN2O/c1-13(2,3)8-16-10-6-11(14)15-7-9(10)4-5-12(16)17/h4-7H,8H2,1-3H3. The summed E-state index contributed by atoms with van der Waals surface area (Å²) in [6.07, 6.45) is 1.69. The second kappa shape index (κ2) is 4.15. The van der Waals surface area contributed by atoms with E-state index in [9.17, 15) is 4.79 Å². The minimum Gasteiger partial charge on any atom is -0.308 e. The topological polar surface area (TPSA) is 34.9 Å². The van der Waals surface area contributed by atoms with Crippen LogP contribution in [0.15, 0.2) is 29.2 Å². The Morgan fingerprint density at radius 3 is 2.71 bits per heavy atom. The van der Waals surface area contributed by atoms with E-state index in [4.69, 9.17) is 11.6 Å². The van der Waals surface area contributed by atoms with Crippen molar-refractivity contribution in [2.45, 2.75) is 27.3 Å². The zero-order valence-corrected chi connectivity index (χ0v) is 11.0. The summed E-state index contributed by atoms with van der Waals surface area (Å²) in [6, 6.07) is 5.09. The average Bonchev–Trinajstić information content (AvgIpc) is 2.21. The number of hydrogen-bond acceptors (Lipinski definition) is 2. The van der Waals surface area contributed by atoms with Crippen LogP contribution in [0.25, 0.3) is 10.9 Å². The monoisotopic (exact) mass is 250 g/mol. The lowest BCUT2D eigenvalue weighted by atomic mass is 9.96. The highest BCUT2D eigenvalue weighted by Gasteiger charge is 2.14. The normalized spacial score (nSPS) is 12.0. The molecule has 0 N–H and O–H groups in total. The van der Waals surface area contributed by atoms with Gasteiger partial charge in [-0.1, -0.05) is 32.4 Å². The molecule has 0 bridgehead atoms. The second-order valence-corrected chi connectivity index (χ2v) is 5.77. The SMILES string of the molecule is CC(C)(C)Cn1c(=O)ccc2cnc(Cl)cc21. The van der Waals surface area contributed by atoms with Crippen LogP contribution in [0, 0.1) is 5.41 Å². The van der Waals surface area contributed by atoms with Gasteiger partial charge in [-0.05, 0) is 17.5 Å². The molecule has 0 atom stereocenters. The maximum atomic E-state index is 11.9. The fraction of sp³-hybridized carbons (Fsp3) is 0.385. The number of hydrogen-bond donors (Lipinski definition) is 0. The molecule has 3 nitrogen and oxygen atoms in total. The minimum absolute atomic E-state index is 0.00492. The van der Waals surface area contributed by atoms with Crippen molar-refractivity contribution in [2.24, 2.45) is 5.41 Å². The van der Waals surface area contributed by atoms with Crippen LogP contribution in [0.5, 0.6) is 0 Å². The molecule has 0 spiro atoms. The quantitative estimate of drug-likeness (QED) is 0.729. The molecule has 0 aliphatic heterocycles. The molecular formula is C13H15ClN2O. The van der Waals surface area contributed by atoms with Gasteiger partial charge in [0.05, 0.1) is 5.52 Å².